The van der Waals surface area contributed by atoms with Gasteiger partial charge in [-0.05, 0) is 30.3 Å². The monoisotopic (exact) mass is 308 g/mol. The molecule has 2 heterocycles. The van der Waals surface area contributed by atoms with E-state index in [0.29, 0.717) is 5.56 Å². The largest absolute Gasteiger partial charge is 0.350 e. The highest BCUT2D eigenvalue weighted by Gasteiger charge is 2.10. The zero-order chi connectivity index (χ0) is 16.2. The van der Waals surface area contributed by atoms with Crippen LogP contribution in [0.2, 0.25) is 0 Å². The van der Waals surface area contributed by atoms with E-state index in [4.69, 9.17) is 0 Å². The molecular weight excluding hydrogens is 292 g/mol. The molecule has 0 aliphatic rings. The van der Waals surface area contributed by atoms with Crippen LogP contribution in [0.3, 0.4) is 0 Å². The van der Waals surface area contributed by atoms with E-state index >= 15 is 0 Å². The summed E-state index contributed by atoms with van der Waals surface area (Å²) in [7, 11) is 1.95. The van der Waals surface area contributed by atoms with Gasteiger partial charge in [-0.15, -0.1) is 0 Å². The van der Waals surface area contributed by atoms with Crippen LogP contribution in [0, 0.1) is 0 Å². The first-order valence-corrected chi connectivity index (χ1v) is 7.17. The number of hydrogen-bond donors (Lipinski definition) is 2. The summed E-state index contributed by atoms with van der Waals surface area (Å²) >= 11 is 0. The first-order chi connectivity index (χ1) is 11.1. The van der Waals surface area contributed by atoms with Crippen LogP contribution >= 0.6 is 0 Å². The molecule has 6 nitrogen and oxygen atoms in total. The van der Waals surface area contributed by atoms with Crippen LogP contribution in [0.25, 0.3) is 10.9 Å². The molecule has 0 aliphatic heterocycles. The summed E-state index contributed by atoms with van der Waals surface area (Å²) in [6.45, 7) is -0.100. The van der Waals surface area contributed by atoms with Gasteiger partial charge in [0.05, 0.1) is 17.8 Å². The highest BCUT2D eigenvalue weighted by molar-refractivity contribution is 6.04. The van der Waals surface area contributed by atoms with Crippen molar-refractivity contribution < 1.29 is 9.59 Å². The van der Waals surface area contributed by atoms with Gasteiger partial charge in [0.25, 0.3) is 5.91 Å². The fourth-order valence-electron chi connectivity index (χ4n) is 2.37. The maximum Gasteiger partial charge on any atom is 0.253 e. The van der Waals surface area contributed by atoms with E-state index in [2.05, 4.69) is 15.6 Å². The summed E-state index contributed by atoms with van der Waals surface area (Å²) < 4.78 is 1.98. The molecule has 6 heteroatoms. The van der Waals surface area contributed by atoms with Crippen LogP contribution in [0.1, 0.15) is 10.4 Å². The average Bonchev–Trinajstić information content (AvgIpc) is 2.96. The molecule has 2 aromatic heterocycles. The van der Waals surface area contributed by atoms with Gasteiger partial charge in [-0.3, -0.25) is 14.6 Å². The van der Waals surface area contributed by atoms with Crippen molar-refractivity contribution in [2.75, 3.05) is 11.9 Å². The highest BCUT2D eigenvalue weighted by atomic mass is 16.2. The fourth-order valence-corrected chi connectivity index (χ4v) is 2.37. The molecule has 2 amide bonds. The Morgan fingerprint density at radius 1 is 1.17 bits per heavy atom. The number of carbonyl (C=O) groups is 2. The molecule has 0 aliphatic carbocycles. The number of rotatable bonds is 4. The molecule has 3 aromatic rings. The minimum absolute atomic E-state index is 0.100. The Bertz CT molecular complexity index is 855. The lowest BCUT2D eigenvalue weighted by atomic mass is 10.2. The van der Waals surface area contributed by atoms with E-state index in [-0.39, 0.29) is 18.4 Å². The van der Waals surface area contributed by atoms with Gasteiger partial charge in [0.1, 0.15) is 0 Å². The summed E-state index contributed by atoms with van der Waals surface area (Å²) in [5.74, 6) is -0.607. The third kappa shape index (κ3) is 3.21. The third-order valence-corrected chi connectivity index (χ3v) is 3.54. The normalized spacial score (nSPS) is 10.5. The number of carbonyl (C=O) groups excluding carboxylic acids is 2. The summed E-state index contributed by atoms with van der Waals surface area (Å²) in [6.07, 6.45) is 4.98. The van der Waals surface area contributed by atoms with Crippen molar-refractivity contribution >= 4 is 28.4 Å². The number of amides is 2. The first kappa shape index (κ1) is 14.8. The van der Waals surface area contributed by atoms with Gasteiger partial charge in [0.15, 0.2) is 0 Å². The van der Waals surface area contributed by atoms with Crippen molar-refractivity contribution in [3.63, 3.8) is 0 Å². The van der Waals surface area contributed by atoms with Crippen LogP contribution in [-0.4, -0.2) is 27.9 Å². The van der Waals surface area contributed by atoms with Crippen LogP contribution in [0.5, 0.6) is 0 Å². The third-order valence-electron chi connectivity index (χ3n) is 3.54. The molecular formula is C17H16N4O2. The first-order valence-electron chi connectivity index (χ1n) is 7.17. The van der Waals surface area contributed by atoms with Gasteiger partial charge in [0, 0.05) is 36.5 Å². The Morgan fingerprint density at radius 3 is 2.83 bits per heavy atom. The van der Waals surface area contributed by atoms with Crippen LogP contribution in [-0.2, 0) is 11.8 Å². The van der Waals surface area contributed by atoms with Gasteiger partial charge < -0.3 is 15.2 Å². The summed E-state index contributed by atoms with van der Waals surface area (Å²) in [4.78, 5) is 27.8. The van der Waals surface area contributed by atoms with Crippen LogP contribution in [0.4, 0.5) is 5.69 Å². The molecule has 0 atom stereocenters. The second-order valence-corrected chi connectivity index (χ2v) is 5.14. The van der Waals surface area contributed by atoms with Crippen molar-refractivity contribution in [3.8, 4) is 0 Å². The minimum Gasteiger partial charge on any atom is -0.350 e. The molecule has 116 valence electrons. The molecule has 0 unspecified atom stereocenters. The number of aromatic nitrogens is 2. The SMILES string of the molecule is Cn1ccc2c(NC(=O)CNC(=O)c3cccnc3)cccc21. The van der Waals surface area contributed by atoms with Crippen molar-refractivity contribution in [1.29, 1.82) is 0 Å². The summed E-state index contributed by atoms with van der Waals surface area (Å²) in [6, 6.07) is 11.0. The predicted molar refractivity (Wildman–Crippen MR) is 88.1 cm³/mol. The Hall–Kier alpha value is -3.15. The number of benzene rings is 1. The number of aryl methyl sites for hydroxylation is 1. The molecule has 0 spiro atoms. The van der Waals surface area contributed by atoms with Gasteiger partial charge in [-0.25, -0.2) is 0 Å². The number of fused-ring (bicyclic) bond motifs is 1. The second-order valence-electron chi connectivity index (χ2n) is 5.14. The van der Waals surface area contributed by atoms with Crippen molar-refractivity contribution in [2.24, 2.45) is 7.05 Å². The molecule has 23 heavy (non-hydrogen) atoms. The van der Waals surface area contributed by atoms with Crippen molar-refractivity contribution in [1.82, 2.24) is 14.9 Å². The zero-order valence-corrected chi connectivity index (χ0v) is 12.6. The van der Waals surface area contributed by atoms with E-state index in [9.17, 15) is 9.59 Å². The molecule has 1 aromatic carbocycles. The lowest BCUT2D eigenvalue weighted by molar-refractivity contribution is -0.115. The molecule has 3 rings (SSSR count). The van der Waals surface area contributed by atoms with E-state index in [0.717, 1.165) is 16.6 Å². The number of hydrogen-bond acceptors (Lipinski definition) is 3. The molecule has 0 bridgehead atoms. The molecule has 2 N–H and O–H groups in total. The lowest BCUT2D eigenvalue weighted by Gasteiger charge is -2.08. The van der Waals surface area contributed by atoms with Crippen LogP contribution < -0.4 is 10.6 Å². The molecule has 0 saturated heterocycles. The van der Waals surface area contributed by atoms with Gasteiger partial charge >= 0.3 is 0 Å². The average molecular weight is 308 g/mol. The van der Waals surface area contributed by atoms with Gasteiger partial charge in [-0.2, -0.15) is 0 Å². The topological polar surface area (TPSA) is 76.0 Å². The number of nitrogens with one attached hydrogen (secondary N) is 2. The summed E-state index contributed by atoms with van der Waals surface area (Å²) in [5.41, 5.74) is 2.18. The predicted octanol–water partition coefficient (Wildman–Crippen LogP) is 1.94. The van der Waals surface area contributed by atoms with Crippen molar-refractivity contribution in [2.45, 2.75) is 0 Å². The Labute approximate surface area is 133 Å². The maximum atomic E-state index is 12.1. The number of nitrogens with zero attached hydrogens (tertiary/aromatic N) is 2. The molecule has 0 radical (unpaired) electrons. The fraction of sp³-hybridized carbons (Fsp3) is 0.118. The van der Waals surface area contributed by atoms with E-state index in [1.165, 1.54) is 6.20 Å². The second kappa shape index (κ2) is 6.31. The highest BCUT2D eigenvalue weighted by Crippen LogP contribution is 2.23. The van der Waals surface area contributed by atoms with Crippen LogP contribution in [0.15, 0.2) is 55.0 Å². The summed E-state index contributed by atoms with van der Waals surface area (Å²) in [5, 5.41) is 6.36. The van der Waals surface area contributed by atoms with E-state index in [1.54, 1.807) is 18.3 Å². The van der Waals surface area contributed by atoms with E-state index in [1.807, 2.05) is 42.1 Å². The zero-order valence-electron chi connectivity index (χ0n) is 12.6. The minimum atomic E-state index is -0.328. The number of pyridine rings is 1. The maximum absolute atomic E-state index is 12.1. The van der Waals surface area contributed by atoms with Gasteiger partial charge in [-0.1, -0.05) is 6.07 Å². The standard InChI is InChI=1S/C17H16N4O2/c1-21-9-7-13-14(5-2-6-15(13)21)20-16(22)11-19-17(23)12-4-3-8-18-10-12/h2-10H,11H2,1H3,(H,19,23)(H,20,22). The Balaban J connectivity index is 1.64. The number of anilines is 1. The van der Waals surface area contributed by atoms with E-state index < -0.39 is 0 Å². The van der Waals surface area contributed by atoms with Crippen molar-refractivity contribution in [3.05, 3.63) is 60.6 Å². The molecule has 0 saturated carbocycles. The smallest absolute Gasteiger partial charge is 0.253 e. The van der Waals surface area contributed by atoms with Gasteiger partial charge in [0.2, 0.25) is 5.91 Å². The lowest BCUT2D eigenvalue weighted by Crippen LogP contribution is -2.32. The Morgan fingerprint density at radius 2 is 2.04 bits per heavy atom. The quantitative estimate of drug-likeness (QED) is 0.773. The Kier molecular flexibility index (Phi) is 4.05. The molecule has 0 fully saturated rings.